The van der Waals surface area contributed by atoms with Crippen molar-refractivity contribution in [2.45, 2.75) is 57.7 Å². The highest BCUT2D eigenvalue weighted by Gasteiger charge is 2.33. The number of hydrogen-bond donors (Lipinski definition) is 2. The summed E-state index contributed by atoms with van der Waals surface area (Å²) in [5.41, 5.74) is 0.852. The summed E-state index contributed by atoms with van der Waals surface area (Å²) in [4.78, 5) is 2.55. The Morgan fingerprint density at radius 1 is 1.33 bits per heavy atom. The number of aliphatic hydroxyl groups excluding tert-OH is 1. The zero-order valence-corrected chi connectivity index (χ0v) is 13.7. The maximum absolute atomic E-state index is 10.1. The summed E-state index contributed by atoms with van der Waals surface area (Å²) >= 11 is 0. The molecule has 1 fully saturated rings. The van der Waals surface area contributed by atoms with E-state index in [2.05, 4.69) is 55.3 Å². The van der Waals surface area contributed by atoms with E-state index in [1.54, 1.807) is 0 Å². The van der Waals surface area contributed by atoms with Gasteiger partial charge >= 0.3 is 0 Å². The van der Waals surface area contributed by atoms with E-state index in [1.807, 2.05) is 6.07 Å². The van der Waals surface area contributed by atoms with Gasteiger partial charge in [-0.25, -0.2) is 0 Å². The Bertz CT molecular complexity index is 420. The number of likely N-dealkylation sites (tertiary alicyclic amines) is 1. The number of hydrogen-bond acceptors (Lipinski definition) is 3. The highest BCUT2D eigenvalue weighted by atomic mass is 16.3. The second-order valence-electron chi connectivity index (χ2n) is 6.68. The molecule has 0 radical (unpaired) electrons. The molecule has 21 heavy (non-hydrogen) atoms. The van der Waals surface area contributed by atoms with Gasteiger partial charge in [-0.1, -0.05) is 30.3 Å². The predicted octanol–water partition coefficient (Wildman–Crippen LogP) is 2.75. The van der Waals surface area contributed by atoms with Crippen molar-refractivity contribution < 1.29 is 5.11 Å². The maximum atomic E-state index is 10.1. The van der Waals surface area contributed by atoms with Crippen LogP contribution in [0.15, 0.2) is 30.3 Å². The van der Waals surface area contributed by atoms with E-state index in [0.29, 0.717) is 12.1 Å². The molecule has 0 aliphatic carbocycles. The minimum Gasteiger partial charge on any atom is -0.394 e. The maximum Gasteiger partial charge on any atom is 0.0683 e. The van der Waals surface area contributed by atoms with Crippen LogP contribution in [0.5, 0.6) is 0 Å². The third kappa shape index (κ3) is 4.06. The van der Waals surface area contributed by atoms with E-state index >= 15 is 0 Å². The van der Waals surface area contributed by atoms with Gasteiger partial charge in [0, 0.05) is 18.6 Å². The van der Waals surface area contributed by atoms with Crippen LogP contribution in [0.3, 0.4) is 0 Å². The van der Waals surface area contributed by atoms with Crippen molar-refractivity contribution in [1.82, 2.24) is 10.2 Å². The van der Waals surface area contributed by atoms with Gasteiger partial charge in [0.05, 0.1) is 12.1 Å². The van der Waals surface area contributed by atoms with Crippen LogP contribution in [-0.4, -0.2) is 41.8 Å². The molecule has 0 spiro atoms. The zero-order chi connectivity index (χ0) is 15.3. The summed E-state index contributed by atoms with van der Waals surface area (Å²) in [6, 6.07) is 11.4. The van der Waals surface area contributed by atoms with Crippen molar-refractivity contribution in [1.29, 1.82) is 0 Å². The van der Waals surface area contributed by atoms with E-state index in [0.717, 1.165) is 13.0 Å². The fraction of sp³-hybridized carbons (Fsp3) is 0.667. The first kappa shape index (κ1) is 16.5. The third-order valence-corrected chi connectivity index (χ3v) is 4.68. The molecule has 3 heteroatoms. The summed E-state index contributed by atoms with van der Waals surface area (Å²) in [6.07, 6.45) is 3.54. The molecule has 2 N–H and O–H groups in total. The fourth-order valence-electron chi connectivity index (χ4n) is 3.49. The van der Waals surface area contributed by atoms with Gasteiger partial charge in [0.25, 0.3) is 0 Å². The standard InChI is InChI=1S/C18H30N2O/c1-15(2)19-18(14-21,17-9-5-4-6-10-17)11-13-20-12-7-8-16(20)3/h4-6,9-10,15-16,19,21H,7-8,11-14H2,1-3H3. The lowest BCUT2D eigenvalue weighted by atomic mass is 9.86. The number of nitrogens with zero attached hydrogens (tertiary/aromatic N) is 1. The minimum absolute atomic E-state index is 0.136. The Morgan fingerprint density at radius 3 is 2.57 bits per heavy atom. The van der Waals surface area contributed by atoms with Crippen LogP contribution < -0.4 is 5.32 Å². The Labute approximate surface area is 129 Å². The Hall–Kier alpha value is -0.900. The Kier molecular flexibility index (Phi) is 5.80. The number of benzene rings is 1. The molecule has 118 valence electrons. The van der Waals surface area contributed by atoms with Crippen LogP contribution in [0, 0.1) is 0 Å². The largest absolute Gasteiger partial charge is 0.394 e. The lowest BCUT2D eigenvalue weighted by Gasteiger charge is -2.37. The molecule has 3 nitrogen and oxygen atoms in total. The van der Waals surface area contributed by atoms with Crippen molar-refractivity contribution in [2.75, 3.05) is 19.7 Å². The molecule has 2 rings (SSSR count). The SMILES string of the molecule is CC(C)NC(CO)(CCN1CCCC1C)c1ccccc1. The van der Waals surface area contributed by atoms with Gasteiger partial charge in [0.2, 0.25) is 0 Å². The normalized spacial score (nSPS) is 22.6. The lowest BCUT2D eigenvalue weighted by Crippen LogP contribution is -2.51. The summed E-state index contributed by atoms with van der Waals surface area (Å²) in [7, 11) is 0. The van der Waals surface area contributed by atoms with E-state index in [9.17, 15) is 5.11 Å². The highest BCUT2D eigenvalue weighted by Crippen LogP contribution is 2.27. The molecular formula is C18H30N2O. The quantitative estimate of drug-likeness (QED) is 0.810. The fourth-order valence-corrected chi connectivity index (χ4v) is 3.49. The van der Waals surface area contributed by atoms with Crippen LogP contribution >= 0.6 is 0 Å². The molecule has 1 aliphatic rings. The average Bonchev–Trinajstić information content (AvgIpc) is 2.89. The van der Waals surface area contributed by atoms with E-state index in [1.165, 1.54) is 24.9 Å². The predicted molar refractivity (Wildman–Crippen MR) is 88.4 cm³/mol. The molecular weight excluding hydrogens is 260 g/mol. The van der Waals surface area contributed by atoms with E-state index < -0.39 is 0 Å². The van der Waals surface area contributed by atoms with Crippen LogP contribution in [-0.2, 0) is 5.54 Å². The van der Waals surface area contributed by atoms with Gasteiger partial charge < -0.3 is 15.3 Å². The summed E-state index contributed by atoms with van der Waals surface area (Å²) in [5, 5.41) is 13.8. The summed E-state index contributed by atoms with van der Waals surface area (Å²) in [5.74, 6) is 0. The molecule has 1 saturated heterocycles. The van der Waals surface area contributed by atoms with Gasteiger partial charge in [-0.3, -0.25) is 0 Å². The molecule has 2 atom stereocenters. The van der Waals surface area contributed by atoms with Gasteiger partial charge in [0.1, 0.15) is 0 Å². The highest BCUT2D eigenvalue weighted by molar-refractivity contribution is 5.25. The first-order valence-electron chi connectivity index (χ1n) is 8.25. The lowest BCUT2D eigenvalue weighted by molar-refractivity contribution is 0.122. The van der Waals surface area contributed by atoms with Crippen LogP contribution in [0.1, 0.15) is 45.6 Å². The average molecular weight is 290 g/mol. The van der Waals surface area contributed by atoms with E-state index in [-0.39, 0.29) is 12.1 Å². The Balaban J connectivity index is 2.14. The molecule has 1 aromatic carbocycles. The first-order valence-corrected chi connectivity index (χ1v) is 8.25. The third-order valence-electron chi connectivity index (χ3n) is 4.68. The molecule has 2 unspecified atom stereocenters. The smallest absolute Gasteiger partial charge is 0.0683 e. The monoisotopic (exact) mass is 290 g/mol. The number of nitrogens with one attached hydrogen (secondary N) is 1. The van der Waals surface area contributed by atoms with Gasteiger partial charge in [-0.2, -0.15) is 0 Å². The molecule has 0 aromatic heterocycles. The second kappa shape index (κ2) is 7.39. The van der Waals surface area contributed by atoms with Gasteiger partial charge in [-0.05, 0) is 52.1 Å². The van der Waals surface area contributed by atoms with Crippen LogP contribution in [0.4, 0.5) is 0 Å². The van der Waals surface area contributed by atoms with Crippen LogP contribution in [0.25, 0.3) is 0 Å². The van der Waals surface area contributed by atoms with E-state index in [4.69, 9.17) is 0 Å². The molecule has 1 aliphatic heterocycles. The molecule has 1 heterocycles. The second-order valence-corrected chi connectivity index (χ2v) is 6.68. The van der Waals surface area contributed by atoms with Crippen molar-refractivity contribution in [3.05, 3.63) is 35.9 Å². The number of rotatable bonds is 7. The van der Waals surface area contributed by atoms with Crippen molar-refractivity contribution in [2.24, 2.45) is 0 Å². The van der Waals surface area contributed by atoms with Crippen LogP contribution in [0.2, 0.25) is 0 Å². The number of aliphatic hydroxyl groups is 1. The minimum atomic E-state index is -0.336. The molecule has 0 saturated carbocycles. The van der Waals surface area contributed by atoms with Crippen molar-refractivity contribution >= 4 is 0 Å². The van der Waals surface area contributed by atoms with Crippen molar-refractivity contribution in [3.63, 3.8) is 0 Å². The zero-order valence-electron chi connectivity index (χ0n) is 13.7. The molecule has 0 amide bonds. The topological polar surface area (TPSA) is 35.5 Å². The summed E-state index contributed by atoms with van der Waals surface area (Å²) < 4.78 is 0. The van der Waals surface area contributed by atoms with Crippen molar-refractivity contribution in [3.8, 4) is 0 Å². The Morgan fingerprint density at radius 2 is 2.05 bits per heavy atom. The molecule has 0 bridgehead atoms. The van der Waals surface area contributed by atoms with Gasteiger partial charge in [0.15, 0.2) is 0 Å². The molecule has 1 aromatic rings. The summed E-state index contributed by atoms with van der Waals surface area (Å²) in [6.45, 7) is 8.97. The van der Waals surface area contributed by atoms with Gasteiger partial charge in [-0.15, -0.1) is 0 Å². The first-order chi connectivity index (χ1) is 10.1.